The van der Waals surface area contributed by atoms with E-state index in [0.717, 1.165) is 18.0 Å². The van der Waals surface area contributed by atoms with Gasteiger partial charge in [0.05, 0.1) is 0 Å². The maximum atomic E-state index is 13.0. The summed E-state index contributed by atoms with van der Waals surface area (Å²) in [5.74, 6) is -1.03. The fraction of sp³-hybridized carbons (Fsp3) is 0.182. The molecule has 1 aromatic carbocycles. The molecule has 16 heavy (non-hydrogen) atoms. The van der Waals surface area contributed by atoms with Crippen molar-refractivity contribution in [1.82, 2.24) is 9.97 Å². The number of rotatable bonds is 3. The molecule has 84 valence electrons. The van der Waals surface area contributed by atoms with Gasteiger partial charge in [-0.2, -0.15) is 0 Å². The summed E-state index contributed by atoms with van der Waals surface area (Å²) in [7, 11) is 0. The minimum atomic E-state index is -0.882. The first-order valence-electron chi connectivity index (χ1n) is 4.85. The van der Waals surface area contributed by atoms with Gasteiger partial charge in [-0.3, -0.25) is 0 Å². The van der Waals surface area contributed by atoms with Crippen molar-refractivity contribution >= 4 is 0 Å². The standard InChI is InChI=1S/C11H11F2N3/c12-8-2-1-7(5-9(8)13)10(14)6-11-15-3-4-16-11/h1-5,10H,6,14H2,(H,15,16). The number of benzene rings is 1. The molecule has 3 N–H and O–H groups in total. The van der Waals surface area contributed by atoms with Crippen LogP contribution in [-0.4, -0.2) is 9.97 Å². The second-order valence-electron chi connectivity index (χ2n) is 3.52. The van der Waals surface area contributed by atoms with Crippen molar-refractivity contribution in [2.24, 2.45) is 5.73 Å². The molecule has 1 heterocycles. The van der Waals surface area contributed by atoms with Gasteiger partial charge in [-0.05, 0) is 17.7 Å². The van der Waals surface area contributed by atoms with E-state index < -0.39 is 17.7 Å². The van der Waals surface area contributed by atoms with Crippen molar-refractivity contribution in [3.63, 3.8) is 0 Å². The molecule has 2 rings (SSSR count). The minimum absolute atomic E-state index is 0.402. The van der Waals surface area contributed by atoms with E-state index in [4.69, 9.17) is 5.73 Å². The summed E-state index contributed by atoms with van der Waals surface area (Å²) in [6.45, 7) is 0. The van der Waals surface area contributed by atoms with Crippen molar-refractivity contribution in [3.8, 4) is 0 Å². The summed E-state index contributed by atoms with van der Waals surface area (Å²) in [6.07, 6.45) is 3.76. The zero-order valence-electron chi connectivity index (χ0n) is 8.45. The highest BCUT2D eigenvalue weighted by molar-refractivity contribution is 5.21. The van der Waals surface area contributed by atoms with E-state index in [1.807, 2.05) is 0 Å². The van der Waals surface area contributed by atoms with Crippen LogP contribution >= 0.6 is 0 Å². The lowest BCUT2D eigenvalue weighted by molar-refractivity contribution is 0.505. The van der Waals surface area contributed by atoms with Crippen LogP contribution in [0, 0.1) is 11.6 Å². The van der Waals surface area contributed by atoms with Crippen LogP contribution in [0.2, 0.25) is 0 Å². The Kier molecular flexibility index (Phi) is 2.96. The Morgan fingerprint density at radius 1 is 1.31 bits per heavy atom. The van der Waals surface area contributed by atoms with Gasteiger partial charge < -0.3 is 10.7 Å². The Labute approximate surface area is 91.3 Å². The number of aromatic nitrogens is 2. The third kappa shape index (κ3) is 2.25. The fourth-order valence-electron chi connectivity index (χ4n) is 1.48. The lowest BCUT2D eigenvalue weighted by Gasteiger charge is -2.10. The number of aromatic amines is 1. The van der Waals surface area contributed by atoms with Gasteiger partial charge in [0, 0.05) is 24.9 Å². The molecule has 5 heteroatoms. The molecule has 0 bridgehead atoms. The third-order valence-electron chi connectivity index (χ3n) is 2.34. The van der Waals surface area contributed by atoms with Crippen LogP contribution in [-0.2, 0) is 6.42 Å². The zero-order valence-corrected chi connectivity index (χ0v) is 8.45. The van der Waals surface area contributed by atoms with E-state index in [1.54, 1.807) is 12.4 Å². The van der Waals surface area contributed by atoms with Crippen LogP contribution in [0.25, 0.3) is 0 Å². The first kappa shape index (κ1) is 10.8. The average molecular weight is 223 g/mol. The second kappa shape index (κ2) is 4.40. The minimum Gasteiger partial charge on any atom is -0.349 e. The molecule has 0 saturated carbocycles. The molecule has 0 aliphatic carbocycles. The fourth-order valence-corrected chi connectivity index (χ4v) is 1.48. The highest BCUT2D eigenvalue weighted by atomic mass is 19.2. The Balaban J connectivity index is 2.14. The Hall–Kier alpha value is -1.75. The number of hydrogen-bond donors (Lipinski definition) is 2. The number of imidazole rings is 1. The van der Waals surface area contributed by atoms with Crippen LogP contribution in [0.5, 0.6) is 0 Å². The van der Waals surface area contributed by atoms with E-state index in [1.165, 1.54) is 6.07 Å². The summed E-state index contributed by atoms with van der Waals surface area (Å²) in [5.41, 5.74) is 6.41. The molecule has 1 atom stereocenters. The predicted octanol–water partition coefficient (Wildman–Crippen LogP) is 1.93. The molecule has 0 aliphatic heterocycles. The molecule has 0 fully saturated rings. The van der Waals surface area contributed by atoms with Crippen LogP contribution in [0.3, 0.4) is 0 Å². The zero-order chi connectivity index (χ0) is 11.5. The summed E-state index contributed by atoms with van der Waals surface area (Å²) in [6, 6.07) is 3.27. The molecule has 1 unspecified atom stereocenters. The van der Waals surface area contributed by atoms with Crippen LogP contribution < -0.4 is 5.73 Å². The van der Waals surface area contributed by atoms with Crippen molar-refractivity contribution in [3.05, 3.63) is 53.6 Å². The molecule has 0 spiro atoms. The molecular weight excluding hydrogens is 212 g/mol. The smallest absolute Gasteiger partial charge is 0.159 e. The number of H-pyrrole nitrogens is 1. The van der Waals surface area contributed by atoms with Gasteiger partial charge in [-0.15, -0.1) is 0 Å². The van der Waals surface area contributed by atoms with E-state index in [-0.39, 0.29) is 0 Å². The second-order valence-corrected chi connectivity index (χ2v) is 3.52. The highest BCUT2D eigenvalue weighted by Crippen LogP contribution is 2.17. The number of hydrogen-bond acceptors (Lipinski definition) is 2. The lowest BCUT2D eigenvalue weighted by Crippen LogP contribution is -2.14. The predicted molar refractivity (Wildman–Crippen MR) is 55.6 cm³/mol. The average Bonchev–Trinajstić information content (AvgIpc) is 2.74. The van der Waals surface area contributed by atoms with E-state index in [9.17, 15) is 8.78 Å². The van der Waals surface area contributed by atoms with Gasteiger partial charge in [-0.1, -0.05) is 6.07 Å². The Bertz CT molecular complexity index is 468. The summed E-state index contributed by atoms with van der Waals surface area (Å²) >= 11 is 0. The molecule has 0 aliphatic rings. The number of nitrogens with two attached hydrogens (primary N) is 1. The number of nitrogens with one attached hydrogen (secondary N) is 1. The van der Waals surface area contributed by atoms with E-state index >= 15 is 0 Å². The van der Waals surface area contributed by atoms with Gasteiger partial charge in [0.1, 0.15) is 5.82 Å². The quantitative estimate of drug-likeness (QED) is 0.835. The lowest BCUT2D eigenvalue weighted by atomic mass is 10.0. The Morgan fingerprint density at radius 2 is 2.12 bits per heavy atom. The van der Waals surface area contributed by atoms with Crippen LogP contribution in [0.15, 0.2) is 30.6 Å². The molecule has 0 amide bonds. The molecule has 0 saturated heterocycles. The maximum Gasteiger partial charge on any atom is 0.159 e. The van der Waals surface area contributed by atoms with Gasteiger partial charge >= 0.3 is 0 Å². The van der Waals surface area contributed by atoms with Crippen molar-refractivity contribution < 1.29 is 8.78 Å². The monoisotopic (exact) mass is 223 g/mol. The van der Waals surface area contributed by atoms with E-state index in [2.05, 4.69) is 9.97 Å². The molecule has 1 aromatic heterocycles. The third-order valence-corrected chi connectivity index (χ3v) is 2.34. The number of nitrogens with zero attached hydrogens (tertiary/aromatic N) is 1. The van der Waals surface area contributed by atoms with Crippen molar-refractivity contribution in [2.75, 3.05) is 0 Å². The molecule has 2 aromatic rings. The summed E-state index contributed by atoms with van der Waals surface area (Å²) in [5, 5.41) is 0. The van der Waals surface area contributed by atoms with E-state index in [0.29, 0.717) is 12.0 Å². The molecular formula is C11H11F2N3. The van der Waals surface area contributed by atoms with Crippen LogP contribution in [0.1, 0.15) is 17.4 Å². The summed E-state index contributed by atoms with van der Waals surface area (Å²) in [4.78, 5) is 6.92. The first-order chi connectivity index (χ1) is 7.66. The normalized spacial score (nSPS) is 12.7. The van der Waals surface area contributed by atoms with Gasteiger partial charge in [0.15, 0.2) is 11.6 Å². The molecule has 0 radical (unpaired) electrons. The highest BCUT2D eigenvalue weighted by Gasteiger charge is 2.11. The largest absolute Gasteiger partial charge is 0.349 e. The van der Waals surface area contributed by atoms with Crippen molar-refractivity contribution in [2.45, 2.75) is 12.5 Å². The van der Waals surface area contributed by atoms with Gasteiger partial charge in [0.2, 0.25) is 0 Å². The molecule has 3 nitrogen and oxygen atoms in total. The van der Waals surface area contributed by atoms with Gasteiger partial charge in [-0.25, -0.2) is 13.8 Å². The van der Waals surface area contributed by atoms with Gasteiger partial charge in [0.25, 0.3) is 0 Å². The SMILES string of the molecule is NC(Cc1ncc[nH]1)c1ccc(F)c(F)c1. The maximum absolute atomic E-state index is 13.0. The first-order valence-corrected chi connectivity index (χ1v) is 4.85. The number of halogens is 2. The van der Waals surface area contributed by atoms with Crippen LogP contribution in [0.4, 0.5) is 8.78 Å². The topological polar surface area (TPSA) is 54.7 Å². The van der Waals surface area contributed by atoms with Crippen molar-refractivity contribution in [1.29, 1.82) is 0 Å². The Morgan fingerprint density at radius 3 is 2.75 bits per heavy atom. The summed E-state index contributed by atoms with van der Waals surface area (Å²) < 4.78 is 25.7.